The first-order valence-electron chi connectivity index (χ1n) is 7.69. The Labute approximate surface area is 125 Å². The van der Waals surface area contributed by atoms with Crippen LogP contribution in [0.15, 0.2) is 24.3 Å². The summed E-state index contributed by atoms with van der Waals surface area (Å²) in [5, 5.41) is 2.98. The van der Waals surface area contributed by atoms with E-state index in [1.807, 2.05) is 0 Å². The lowest BCUT2D eigenvalue weighted by Crippen LogP contribution is -2.41. The summed E-state index contributed by atoms with van der Waals surface area (Å²) in [5.41, 5.74) is 8.61. The van der Waals surface area contributed by atoms with Gasteiger partial charge in [0.25, 0.3) is 0 Å². The fourth-order valence-electron chi connectivity index (χ4n) is 3.09. The lowest BCUT2D eigenvalue weighted by atomic mass is 10.0. The Bertz CT molecular complexity index is 506. The topological polar surface area (TPSA) is 67.6 Å². The molecule has 0 aliphatic carbocycles. The number of benzene rings is 1. The fraction of sp³-hybridized carbons (Fsp3) is 0.562. The summed E-state index contributed by atoms with van der Waals surface area (Å²) in [6.45, 7) is 3.69. The van der Waals surface area contributed by atoms with E-state index in [1.165, 1.54) is 11.3 Å². The predicted molar refractivity (Wildman–Crippen MR) is 82.3 cm³/mol. The normalized spacial score (nSPS) is 24.1. The van der Waals surface area contributed by atoms with Crippen molar-refractivity contribution < 1.29 is 9.53 Å². The lowest BCUT2D eigenvalue weighted by Gasteiger charge is -2.20. The van der Waals surface area contributed by atoms with Crippen molar-refractivity contribution >= 4 is 11.6 Å². The van der Waals surface area contributed by atoms with Gasteiger partial charge in [0.15, 0.2) is 0 Å². The molecule has 2 aliphatic rings. The van der Waals surface area contributed by atoms with E-state index in [4.69, 9.17) is 10.5 Å². The number of fused-ring (bicyclic) bond motifs is 1. The van der Waals surface area contributed by atoms with Crippen LogP contribution in [0.25, 0.3) is 0 Å². The van der Waals surface area contributed by atoms with Crippen LogP contribution in [0, 0.1) is 5.92 Å². The van der Waals surface area contributed by atoms with E-state index >= 15 is 0 Å². The Balaban J connectivity index is 1.40. The summed E-state index contributed by atoms with van der Waals surface area (Å²) in [6.07, 6.45) is 2.07. The first kappa shape index (κ1) is 14.4. The molecule has 0 saturated carbocycles. The second kappa shape index (κ2) is 6.45. The SMILES string of the molecule is NC1COCC1C(=O)NCCCN1CCc2ccccc21. The van der Waals surface area contributed by atoms with Crippen molar-refractivity contribution in [2.24, 2.45) is 11.7 Å². The number of rotatable bonds is 5. The van der Waals surface area contributed by atoms with Gasteiger partial charge in [-0.15, -0.1) is 0 Å². The zero-order valence-corrected chi connectivity index (χ0v) is 12.3. The highest BCUT2D eigenvalue weighted by atomic mass is 16.5. The number of amides is 1. The molecule has 0 bridgehead atoms. The molecular formula is C16H23N3O2. The molecule has 3 rings (SSSR count). The molecule has 0 aromatic heterocycles. The number of carbonyl (C=O) groups is 1. The Morgan fingerprint density at radius 1 is 1.38 bits per heavy atom. The largest absolute Gasteiger partial charge is 0.379 e. The molecule has 3 N–H and O–H groups in total. The molecule has 5 nitrogen and oxygen atoms in total. The van der Waals surface area contributed by atoms with Crippen molar-refractivity contribution in [2.75, 3.05) is 37.7 Å². The molecule has 0 spiro atoms. The molecule has 5 heteroatoms. The molecule has 2 heterocycles. The van der Waals surface area contributed by atoms with Gasteiger partial charge in [0.1, 0.15) is 0 Å². The summed E-state index contributed by atoms with van der Waals surface area (Å²) in [6, 6.07) is 8.39. The van der Waals surface area contributed by atoms with Crippen molar-refractivity contribution in [3.63, 3.8) is 0 Å². The second-order valence-corrected chi connectivity index (χ2v) is 5.82. The molecule has 1 aromatic rings. The Kier molecular flexibility index (Phi) is 4.41. The monoisotopic (exact) mass is 289 g/mol. The summed E-state index contributed by atoms with van der Waals surface area (Å²) < 4.78 is 5.22. The van der Waals surface area contributed by atoms with E-state index in [0.29, 0.717) is 19.8 Å². The fourth-order valence-corrected chi connectivity index (χ4v) is 3.09. The minimum atomic E-state index is -0.183. The summed E-state index contributed by atoms with van der Waals surface area (Å²) in [5.74, 6) is -0.153. The van der Waals surface area contributed by atoms with E-state index in [0.717, 1.165) is 25.9 Å². The van der Waals surface area contributed by atoms with Crippen molar-refractivity contribution in [3.05, 3.63) is 29.8 Å². The Morgan fingerprint density at radius 3 is 3.05 bits per heavy atom. The maximum Gasteiger partial charge on any atom is 0.227 e. The van der Waals surface area contributed by atoms with Crippen LogP contribution in [0.4, 0.5) is 5.69 Å². The van der Waals surface area contributed by atoms with Gasteiger partial charge in [0, 0.05) is 31.4 Å². The third kappa shape index (κ3) is 3.19. The van der Waals surface area contributed by atoms with Gasteiger partial charge in [0.05, 0.1) is 19.1 Å². The number of para-hydroxylation sites is 1. The number of ether oxygens (including phenoxy) is 1. The van der Waals surface area contributed by atoms with Crippen molar-refractivity contribution in [2.45, 2.75) is 18.9 Å². The van der Waals surface area contributed by atoms with Gasteiger partial charge in [-0.25, -0.2) is 0 Å². The van der Waals surface area contributed by atoms with Crippen LogP contribution in [0.3, 0.4) is 0 Å². The summed E-state index contributed by atoms with van der Waals surface area (Å²) in [4.78, 5) is 14.4. The molecule has 2 atom stereocenters. The minimum absolute atomic E-state index is 0.0295. The van der Waals surface area contributed by atoms with Crippen LogP contribution >= 0.6 is 0 Å². The third-order valence-corrected chi connectivity index (χ3v) is 4.35. The summed E-state index contributed by atoms with van der Waals surface area (Å²) >= 11 is 0. The van der Waals surface area contributed by atoms with E-state index in [-0.39, 0.29) is 17.9 Å². The van der Waals surface area contributed by atoms with Gasteiger partial charge in [0.2, 0.25) is 5.91 Å². The Morgan fingerprint density at radius 2 is 2.24 bits per heavy atom. The number of anilines is 1. The van der Waals surface area contributed by atoms with Gasteiger partial charge < -0.3 is 20.7 Å². The molecule has 1 saturated heterocycles. The molecule has 1 amide bonds. The van der Waals surface area contributed by atoms with Crippen LogP contribution in [-0.2, 0) is 16.0 Å². The van der Waals surface area contributed by atoms with Gasteiger partial charge in [-0.05, 0) is 24.5 Å². The van der Waals surface area contributed by atoms with Crippen LogP contribution in [0.1, 0.15) is 12.0 Å². The molecule has 114 valence electrons. The highest BCUT2D eigenvalue weighted by Gasteiger charge is 2.30. The van der Waals surface area contributed by atoms with Crippen molar-refractivity contribution in [1.29, 1.82) is 0 Å². The predicted octanol–water partition coefficient (Wildman–Crippen LogP) is 0.529. The van der Waals surface area contributed by atoms with Crippen molar-refractivity contribution in [1.82, 2.24) is 5.32 Å². The first-order valence-corrected chi connectivity index (χ1v) is 7.69. The standard InChI is InChI=1S/C16H23N3O2/c17-14-11-21-10-13(14)16(20)18-7-3-8-19-9-6-12-4-1-2-5-15(12)19/h1-2,4-5,13-14H,3,6-11,17H2,(H,18,20). The number of nitrogens with zero attached hydrogens (tertiary/aromatic N) is 1. The smallest absolute Gasteiger partial charge is 0.227 e. The zero-order valence-electron chi connectivity index (χ0n) is 12.3. The highest BCUT2D eigenvalue weighted by Crippen LogP contribution is 2.27. The van der Waals surface area contributed by atoms with Crippen LogP contribution < -0.4 is 16.0 Å². The zero-order chi connectivity index (χ0) is 14.7. The van der Waals surface area contributed by atoms with E-state index in [2.05, 4.69) is 34.5 Å². The maximum absolute atomic E-state index is 12.0. The quantitative estimate of drug-likeness (QED) is 0.776. The number of carbonyl (C=O) groups excluding carboxylic acids is 1. The molecule has 21 heavy (non-hydrogen) atoms. The number of nitrogens with one attached hydrogen (secondary N) is 1. The maximum atomic E-state index is 12.0. The average molecular weight is 289 g/mol. The van der Waals surface area contributed by atoms with Crippen LogP contribution in [-0.4, -0.2) is 44.8 Å². The molecule has 1 fully saturated rings. The second-order valence-electron chi connectivity index (χ2n) is 5.82. The molecule has 1 aromatic carbocycles. The third-order valence-electron chi connectivity index (χ3n) is 4.35. The minimum Gasteiger partial charge on any atom is -0.379 e. The number of hydrogen-bond acceptors (Lipinski definition) is 4. The first-order chi connectivity index (χ1) is 10.3. The number of nitrogens with two attached hydrogens (primary N) is 1. The van der Waals surface area contributed by atoms with E-state index in [1.54, 1.807) is 0 Å². The van der Waals surface area contributed by atoms with Crippen LogP contribution in [0.2, 0.25) is 0 Å². The molecule has 2 aliphatic heterocycles. The van der Waals surface area contributed by atoms with Gasteiger partial charge in [-0.2, -0.15) is 0 Å². The van der Waals surface area contributed by atoms with Gasteiger partial charge in [-0.1, -0.05) is 18.2 Å². The lowest BCUT2D eigenvalue weighted by molar-refractivity contribution is -0.125. The average Bonchev–Trinajstić information content (AvgIpc) is 3.10. The van der Waals surface area contributed by atoms with Crippen LogP contribution in [0.5, 0.6) is 0 Å². The Hall–Kier alpha value is -1.59. The number of hydrogen-bond donors (Lipinski definition) is 2. The van der Waals surface area contributed by atoms with Crippen molar-refractivity contribution in [3.8, 4) is 0 Å². The van der Waals surface area contributed by atoms with E-state index < -0.39 is 0 Å². The molecule has 2 unspecified atom stereocenters. The highest BCUT2D eigenvalue weighted by molar-refractivity contribution is 5.79. The van der Waals surface area contributed by atoms with Gasteiger partial charge >= 0.3 is 0 Å². The molecule has 0 radical (unpaired) electrons. The van der Waals surface area contributed by atoms with Gasteiger partial charge in [-0.3, -0.25) is 4.79 Å². The van der Waals surface area contributed by atoms with E-state index in [9.17, 15) is 4.79 Å². The molecular weight excluding hydrogens is 266 g/mol. The summed E-state index contributed by atoms with van der Waals surface area (Å²) in [7, 11) is 0.